The summed E-state index contributed by atoms with van der Waals surface area (Å²) >= 11 is 2.55. The van der Waals surface area contributed by atoms with Crippen molar-refractivity contribution in [3.8, 4) is 0 Å². The van der Waals surface area contributed by atoms with E-state index in [0.29, 0.717) is 0 Å². The zero-order chi connectivity index (χ0) is 8.27. The van der Waals surface area contributed by atoms with Crippen molar-refractivity contribution in [2.75, 3.05) is 14.1 Å². The molecule has 0 aliphatic carbocycles. The molecule has 0 amide bonds. The molecule has 1 rings (SSSR count). The Hall–Kier alpha value is -0.0797. The topological polar surface area (TPSA) is 3.24 Å². The maximum absolute atomic E-state index is 2.55. The number of rotatable bonds is 2. The molecular formula is C9H12AuN. The van der Waals surface area contributed by atoms with Crippen LogP contribution in [-0.4, -0.2) is 19.0 Å². The zero-order valence-corrected chi connectivity index (χ0v) is 8.93. The predicted molar refractivity (Wildman–Crippen MR) is 43.5 cm³/mol. The minimum atomic E-state index is 1.02. The molecule has 0 heterocycles. The SMILES string of the molecule is CN(C)Cc1cccc[c]1[Au]. The van der Waals surface area contributed by atoms with Gasteiger partial charge in [0.05, 0.1) is 0 Å². The molecule has 0 aromatic heterocycles. The molecule has 64 valence electrons. The van der Waals surface area contributed by atoms with Crippen molar-refractivity contribution in [2.45, 2.75) is 6.54 Å². The van der Waals surface area contributed by atoms with Gasteiger partial charge in [0.1, 0.15) is 0 Å². The molecule has 0 aliphatic heterocycles. The van der Waals surface area contributed by atoms with Gasteiger partial charge in [0.2, 0.25) is 0 Å². The average molecular weight is 331 g/mol. The molecule has 0 bridgehead atoms. The fourth-order valence-corrected chi connectivity index (χ4v) is 1.51. The summed E-state index contributed by atoms with van der Waals surface area (Å²) in [6, 6.07) is 8.43. The van der Waals surface area contributed by atoms with Gasteiger partial charge in [-0.05, 0) is 0 Å². The molecule has 0 fully saturated rings. The maximum atomic E-state index is 2.55. The monoisotopic (exact) mass is 331 g/mol. The van der Waals surface area contributed by atoms with Gasteiger partial charge >= 0.3 is 80.2 Å². The van der Waals surface area contributed by atoms with Gasteiger partial charge in [-0.25, -0.2) is 0 Å². The Kier molecular flexibility index (Phi) is 3.34. The summed E-state index contributed by atoms with van der Waals surface area (Å²) in [5, 5.41) is 0. The van der Waals surface area contributed by atoms with E-state index in [1.807, 2.05) is 0 Å². The van der Waals surface area contributed by atoms with Gasteiger partial charge < -0.3 is 0 Å². The van der Waals surface area contributed by atoms with Gasteiger partial charge in [0.15, 0.2) is 0 Å². The molecule has 11 heavy (non-hydrogen) atoms. The summed E-state index contributed by atoms with van der Waals surface area (Å²) in [4.78, 5) is 2.17. The van der Waals surface area contributed by atoms with Crippen LogP contribution in [0.15, 0.2) is 24.3 Å². The van der Waals surface area contributed by atoms with Crippen LogP contribution >= 0.6 is 0 Å². The molecule has 0 unspecified atom stereocenters. The molecule has 0 radical (unpaired) electrons. The Bertz CT molecular complexity index is 233. The van der Waals surface area contributed by atoms with Crippen LogP contribution in [-0.2, 0) is 27.6 Å². The van der Waals surface area contributed by atoms with Crippen molar-refractivity contribution in [3.05, 3.63) is 29.8 Å². The van der Waals surface area contributed by atoms with Gasteiger partial charge in [-0.15, -0.1) is 0 Å². The van der Waals surface area contributed by atoms with Crippen LogP contribution < -0.4 is 3.78 Å². The summed E-state index contributed by atoms with van der Waals surface area (Å²) in [6.45, 7) is 1.02. The molecule has 0 atom stereocenters. The summed E-state index contributed by atoms with van der Waals surface area (Å²) in [7, 11) is 4.17. The van der Waals surface area contributed by atoms with E-state index >= 15 is 0 Å². The standard InChI is InChI=1S/C9H12N.Au/c1-10(2)8-9-6-4-3-5-7-9;/h3-6H,8H2,1-2H3;. The second kappa shape index (κ2) is 4.07. The molecule has 0 saturated carbocycles. The van der Waals surface area contributed by atoms with Gasteiger partial charge in [-0.2, -0.15) is 0 Å². The Labute approximate surface area is 80.3 Å². The second-order valence-electron chi connectivity index (χ2n) is 2.79. The fraction of sp³-hybridized carbons (Fsp3) is 0.333. The van der Waals surface area contributed by atoms with Crippen molar-refractivity contribution >= 4 is 3.78 Å². The number of nitrogens with zero attached hydrogens (tertiary/aromatic N) is 1. The van der Waals surface area contributed by atoms with E-state index in [9.17, 15) is 0 Å². The van der Waals surface area contributed by atoms with E-state index in [4.69, 9.17) is 0 Å². The quantitative estimate of drug-likeness (QED) is 0.729. The molecule has 0 aliphatic rings. The summed E-state index contributed by atoms with van der Waals surface area (Å²) in [5.41, 5.74) is 1.39. The van der Waals surface area contributed by atoms with Crippen molar-refractivity contribution in [1.29, 1.82) is 0 Å². The number of benzene rings is 1. The van der Waals surface area contributed by atoms with Crippen molar-refractivity contribution in [2.24, 2.45) is 0 Å². The third-order valence-electron chi connectivity index (χ3n) is 1.41. The van der Waals surface area contributed by atoms with E-state index in [1.165, 1.54) is 9.34 Å². The van der Waals surface area contributed by atoms with Crippen LogP contribution in [0.5, 0.6) is 0 Å². The molecule has 1 nitrogen and oxygen atoms in total. The van der Waals surface area contributed by atoms with E-state index in [1.54, 1.807) is 0 Å². The number of hydrogen-bond donors (Lipinski definition) is 0. The van der Waals surface area contributed by atoms with Crippen molar-refractivity contribution < 1.29 is 21.1 Å². The molecular weight excluding hydrogens is 319 g/mol. The van der Waals surface area contributed by atoms with Crippen molar-refractivity contribution in [1.82, 2.24) is 4.90 Å². The van der Waals surface area contributed by atoms with Gasteiger partial charge in [0, 0.05) is 0 Å². The fourth-order valence-electron chi connectivity index (χ4n) is 0.948. The molecule has 0 saturated heterocycles. The second-order valence-corrected chi connectivity index (χ2v) is 3.96. The van der Waals surface area contributed by atoms with Crippen LogP contribution in [0.4, 0.5) is 0 Å². The third kappa shape index (κ3) is 2.80. The molecule has 1 aromatic rings. The van der Waals surface area contributed by atoms with Gasteiger partial charge in [-0.3, -0.25) is 0 Å². The first-order chi connectivity index (χ1) is 5.20. The van der Waals surface area contributed by atoms with E-state index in [-0.39, 0.29) is 0 Å². The van der Waals surface area contributed by atoms with Crippen LogP contribution in [0.2, 0.25) is 0 Å². The van der Waals surface area contributed by atoms with Crippen LogP contribution in [0.25, 0.3) is 0 Å². The Morgan fingerprint density at radius 1 is 1.27 bits per heavy atom. The number of hydrogen-bond acceptors (Lipinski definition) is 1. The van der Waals surface area contributed by atoms with Gasteiger partial charge in [-0.1, -0.05) is 0 Å². The average Bonchev–Trinajstić information content (AvgIpc) is 1.93. The van der Waals surface area contributed by atoms with Gasteiger partial charge in [0.25, 0.3) is 0 Å². The molecule has 0 spiro atoms. The summed E-state index contributed by atoms with van der Waals surface area (Å²) in [5.74, 6) is 0. The van der Waals surface area contributed by atoms with E-state index in [2.05, 4.69) is 64.3 Å². The molecule has 2 heteroatoms. The Morgan fingerprint density at radius 3 is 2.45 bits per heavy atom. The Balaban J connectivity index is 2.78. The zero-order valence-electron chi connectivity index (χ0n) is 6.77. The third-order valence-corrected chi connectivity index (χ3v) is 2.46. The minimum absolute atomic E-state index is 1.02. The summed E-state index contributed by atoms with van der Waals surface area (Å²) < 4.78 is 1.32. The first-order valence-electron chi connectivity index (χ1n) is 3.54. The van der Waals surface area contributed by atoms with Crippen LogP contribution in [0, 0.1) is 0 Å². The van der Waals surface area contributed by atoms with Crippen LogP contribution in [0.3, 0.4) is 0 Å². The summed E-state index contributed by atoms with van der Waals surface area (Å²) in [6.07, 6.45) is 0. The predicted octanol–water partition coefficient (Wildman–Crippen LogP) is 0.920. The Morgan fingerprint density at radius 2 is 1.91 bits per heavy atom. The first kappa shape index (κ1) is 9.01. The first-order valence-corrected chi connectivity index (χ1v) is 4.63. The van der Waals surface area contributed by atoms with E-state index < -0.39 is 0 Å². The molecule has 0 N–H and O–H groups in total. The van der Waals surface area contributed by atoms with Crippen molar-refractivity contribution in [3.63, 3.8) is 0 Å². The van der Waals surface area contributed by atoms with E-state index in [0.717, 1.165) is 6.54 Å². The van der Waals surface area contributed by atoms with Crippen LogP contribution in [0.1, 0.15) is 5.56 Å². The normalized spacial score (nSPS) is 10.6. The molecule has 1 aromatic carbocycles.